The number of carbonyl (C=O) groups excluding carboxylic acids is 1. The number of amides is 1. The van der Waals surface area contributed by atoms with Crippen molar-refractivity contribution in [2.75, 3.05) is 5.75 Å². The van der Waals surface area contributed by atoms with Crippen LogP contribution in [0.15, 0.2) is 47.4 Å². The molecule has 0 radical (unpaired) electrons. The number of carboxylic acid groups (broad SMARTS) is 1. The first-order chi connectivity index (χ1) is 13.7. The number of carbonyl (C=O) groups is 2. The Morgan fingerprint density at radius 3 is 2.48 bits per heavy atom. The van der Waals surface area contributed by atoms with Crippen LogP contribution in [0.2, 0.25) is 5.02 Å². The molecule has 29 heavy (non-hydrogen) atoms. The van der Waals surface area contributed by atoms with Crippen LogP contribution in [0.1, 0.15) is 34.6 Å². The van der Waals surface area contributed by atoms with Crippen molar-refractivity contribution in [3.8, 4) is 0 Å². The maximum absolute atomic E-state index is 12.8. The molecule has 1 aromatic heterocycles. The topological polar surface area (TPSA) is 88.4 Å². The van der Waals surface area contributed by atoms with Gasteiger partial charge in [0.1, 0.15) is 11.4 Å². The summed E-state index contributed by atoms with van der Waals surface area (Å²) in [6.45, 7) is 3.80. The second kappa shape index (κ2) is 8.39. The number of benzene rings is 2. The van der Waals surface area contributed by atoms with Gasteiger partial charge >= 0.3 is 5.97 Å². The van der Waals surface area contributed by atoms with Crippen LogP contribution in [0.25, 0.3) is 10.9 Å². The number of hydrogen-bond donors (Lipinski definition) is 2. The summed E-state index contributed by atoms with van der Waals surface area (Å²) in [7, 11) is 0.229. The average molecular weight is 433 g/mol. The Bertz CT molecular complexity index is 1120. The molecule has 0 spiro atoms. The van der Waals surface area contributed by atoms with Gasteiger partial charge in [0.25, 0.3) is 5.91 Å². The molecule has 8 heteroatoms. The third-order valence-corrected chi connectivity index (χ3v) is 6.35. The second-order valence-corrected chi connectivity index (χ2v) is 8.77. The van der Waals surface area contributed by atoms with E-state index in [1.54, 1.807) is 30.3 Å². The van der Waals surface area contributed by atoms with E-state index in [0.29, 0.717) is 15.6 Å². The molecule has 2 aromatic carbocycles. The van der Waals surface area contributed by atoms with Crippen LogP contribution < -0.4 is 5.32 Å². The highest BCUT2D eigenvalue weighted by molar-refractivity contribution is 7.85. The Morgan fingerprint density at radius 2 is 1.86 bits per heavy atom. The fraction of sp³-hybridized carbons (Fsp3) is 0.238. The number of rotatable bonds is 6. The predicted octanol–water partition coefficient (Wildman–Crippen LogP) is 3.82. The largest absolute Gasteiger partial charge is 0.481 e. The van der Waals surface area contributed by atoms with Gasteiger partial charge in [-0.2, -0.15) is 0 Å². The van der Waals surface area contributed by atoms with Gasteiger partial charge in [-0.3, -0.25) is 13.8 Å². The Hall–Kier alpha value is -2.64. The number of halogens is 1. The van der Waals surface area contributed by atoms with Crippen molar-refractivity contribution < 1.29 is 18.9 Å². The molecule has 6 nitrogen and oxygen atoms in total. The molecule has 2 atom stereocenters. The van der Waals surface area contributed by atoms with Crippen LogP contribution in [-0.2, 0) is 22.6 Å². The van der Waals surface area contributed by atoms with Crippen LogP contribution >= 0.6 is 11.6 Å². The number of aromatic nitrogens is 1. The minimum atomic E-state index is -1.59. The van der Waals surface area contributed by atoms with E-state index in [1.165, 1.54) is 0 Å². The van der Waals surface area contributed by atoms with Crippen molar-refractivity contribution >= 4 is 45.2 Å². The number of fused-ring (bicyclic) bond motifs is 1. The normalized spacial score (nSPS) is 13.2. The number of aryl methyl sites for hydroxylation is 2. The number of nitrogens with one attached hydrogen (secondary N) is 1. The molecular formula is C21H21ClN2O4S. The molecule has 152 valence electrons. The van der Waals surface area contributed by atoms with Gasteiger partial charge < -0.3 is 15.0 Å². The zero-order valence-electron chi connectivity index (χ0n) is 16.2. The Morgan fingerprint density at radius 1 is 1.21 bits per heavy atom. The van der Waals surface area contributed by atoms with E-state index in [9.17, 15) is 13.8 Å². The van der Waals surface area contributed by atoms with Crippen LogP contribution in [0.3, 0.4) is 0 Å². The van der Waals surface area contributed by atoms with Gasteiger partial charge in [-0.15, -0.1) is 0 Å². The third-order valence-electron chi connectivity index (χ3n) is 4.73. The fourth-order valence-electron chi connectivity index (χ4n) is 3.19. The molecular weight excluding hydrogens is 412 g/mol. The van der Waals surface area contributed by atoms with Crippen molar-refractivity contribution in [3.05, 3.63) is 64.3 Å². The molecule has 1 unspecified atom stereocenters. The van der Waals surface area contributed by atoms with E-state index < -0.39 is 22.5 Å². The maximum Gasteiger partial charge on any atom is 0.316 e. The van der Waals surface area contributed by atoms with Gasteiger partial charge in [0.05, 0.1) is 27.4 Å². The first-order valence-electron chi connectivity index (χ1n) is 8.94. The summed E-state index contributed by atoms with van der Waals surface area (Å²) in [5, 5.41) is 13.1. The number of aliphatic carboxylic acids is 1. The fourth-order valence-corrected chi connectivity index (χ4v) is 4.35. The Labute approximate surface area is 175 Å². The van der Waals surface area contributed by atoms with Gasteiger partial charge in [-0.1, -0.05) is 23.7 Å². The van der Waals surface area contributed by atoms with Crippen molar-refractivity contribution in [3.63, 3.8) is 0 Å². The van der Waals surface area contributed by atoms with Gasteiger partial charge in [-0.05, 0) is 55.3 Å². The van der Waals surface area contributed by atoms with Gasteiger partial charge in [0, 0.05) is 17.3 Å². The highest BCUT2D eigenvalue weighted by atomic mass is 35.5. The third kappa shape index (κ3) is 4.52. The van der Waals surface area contributed by atoms with Crippen LogP contribution in [0, 0.1) is 6.92 Å². The predicted molar refractivity (Wildman–Crippen MR) is 114 cm³/mol. The first-order valence-corrected chi connectivity index (χ1v) is 10.6. The summed E-state index contributed by atoms with van der Waals surface area (Å²) in [4.78, 5) is 24.0. The molecule has 0 saturated heterocycles. The average Bonchev–Trinajstić information content (AvgIpc) is 2.98. The zero-order chi connectivity index (χ0) is 21.3. The molecule has 2 N–H and O–H groups in total. The smallest absolute Gasteiger partial charge is 0.316 e. The maximum atomic E-state index is 12.8. The summed E-state index contributed by atoms with van der Waals surface area (Å²) in [6, 6.07) is 12.1. The van der Waals surface area contributed by atoms with Crippen LogP contribution in [-0.4, -0.2) is 31.5 Å². The van der Waals surface area contributed by atoms with E-state index in [-0.39, 0.29) is 11.9 Å². The van der Waals surface area contributed by atoms with E-state index in [1.807, 2.05) is 37.6 Å². The molecule has 0 aliphatic heterocycles. The number of carboxylic acids is 1. The van der Waals surface area contributed by atoms with E-state index in [2.05, 4.69) is 5.32 Å². The van der Waals surface area contributed by atoms with Crippen LogP contribution in [0.5, 0.6) is 0 Å². The van der Waals surface area contributed by atoms with Crippen molar-refractivity contribution in [2.24, 2.45) is 7.05 Å². The highest BCUT2D eigenvalue weighted by Crippen LogP contribution is 2.28. The van der Waals surface area contributed by atoms with E-state index in [4.69, 9.17) is 16.7 Å². The monoisotopic (exact) mass is 432 g/mol. The van der Waals surface area contributed by atoms with Crippen molar-refractivity contribution in [2.45, 2.75) is 24.8 Å². The van der Waals surface area contributed by atoms with Crippen LogP contribution in [0.4, 0.5) is 0 Å². The number of nitrogens with zero attached hydrogens (tertiary/aromatic N) is 1. The SMILES string of the molecule is Cc1cc(Cl)c2cc(C(=O)NC(C)c3ccc([S@@](=O)CC(=O)O)cc3)n(C)c2c1. The first kappa shape index (κ1) is 21.1. The highest BCUT2D eigenvalue weighted by Gasteiger charge is 2.18. The molecule has 1 heterocycles. The van der Waals surface area contributed by atoms with Crippen molar-refractivity contribution in [1.29, 1.82) is 0 Å². The van der Waals surface area contributed by atoms with Gasteiger partial charge in [0.2, 0.25) is 0 Å². The van der Waals surface area contributed by atoms with Gasteiger partial charge in [0.15, 0.2) is 0 Å². The molecule has 0 fully saturated rings. The summed E-state index contributed by atoms with van der Waals surface area (Å²) < 4.78 is 13.7. The Kier molecular flexibility index (Phi) is 6.10. The number of hydrogen-bond acceptors (Lipinski definition) is 3. The lowest BCUT2D eigenvalue weighted by atomic mass is 10.1. The summed E-state index contributed by atoms with van der Waals surface area (Å²) in [5.74, 6) is -1.78. The lowest BCUT2D eigenvalue weighted by Crippen LogP contribution is -2.28. The van der Waals surface area contributed by atoms with E-state index in [0.717, 1.165) is 22.0 Å². The molecule has 0 bridgehead atoms. The molecule has 0 aliphatic carbocycles. The molecule has 1 amide bonds. The minimum Gasteiger partial charge on any atom is -0.481 e. The molecule has 3 aromatic rings. The second-order valence-electron chi connectivity index (χ2n) is 6.92. The Balaban J connectivity index is 1.78. The minimum absolute atomic E-state index is 0.233. The standard InChI is InChI=1S/C21H21ClN2O4S/c1-12-8-17(22)16-10-19(24(3)18(16)9-12)21(27)23-13(2)14-4-6-15(7-5-14)29(28)11-20(25)26/h4-10,13H,11H2,1-3H3,(H,23,27)(H,25,26)/t13?,29-/m0/s1. The van der Waals surface area contributed by atoms with Crippen molar-refractivity contribution in [1.82, 2.24) is 9.88 Å². The molecule has 0 aliphatic rings. The lowest BCUT2D eigenvalue weighted by Gasteiger charge is -2.15. The quantitative estimate of drug-likeness (QED) is 0.619. The lowest BCUT2D eigenvalue weighted by molar-refractivity contribution is -0.133. The molecule has 0 saturated carbocycles. The summed E-state index contributed by atoms with van der Waals surface area (Å²) >= 11 is 6.32. The summed E-state index contributed by atoms with van der Waals surface area (Å²) in [6.07, 6.45) is 0. The zero-order valence-corrected chi connectivity index (χ0v) is 17.8. The molecule has 3 rings (SSSR count). The summed E-state index contributed by atoms with van der Waals surface area (Å²) in [5.41, 5.74) is 3.23. The van der Waals surface area contributed by atoms with Gasteiger partial charge in [-0.25, -0.2) is 0 Å². The van der Waals surface area contributed by atoms with E-state index >= 15 is 0 Å².